The molecule has 132 valence electrons. The van der Waals surface area contributed by atoms with Gasteiger partial charge in [-0.15, -0.1) is 0 Å². The molecule has 0 fully saturated rings. The minimum Gasteiger partial charge on any atom is -0.354 e. The highest BCUT2D eigenvalue weighted by Gasteiger charge is 2.18. The average Bonchev–Trinajstić information content (AvgIpc) is 2.56. The molecule has 0 saturated heterocycles. The largest absolute Gasteiger partial charge is 0.354 e. The van der Waals surface area contributed by atoms with Crippen LogP contribution in [0.25, 0.3) is 0 Å². The Morgan fingerprint density at radius 2 is 1.75 bits per heavy atom. The van der Waals surface area contributed by atoms with Crippen LogP contribution in [0.1, 0.15) is 69.9 Å². The van der Waals surface area contributed by atoms with Gasteiger partial charge in [0.25, 0.3) is 0 Å². The number of nitrogens with one attached hydrogen (secondary N) is 2. The first-order chi connectivity index (χ1) is 11.5. The van der Waals surface area contributed by atoms with Gasteiger partial charge in [-0.2, -0.15) is 0 Å². The van der Waals surface area contributed by atoms with E-state index in [4.69, 9.17) is 4.99 Å². The number of likely N-dealkylation sites (N-methyl/N-ethyl adjacent to an activating group) is 1. The van der Waals surface area contributed by atoms with Crippen LogP contribution in [0.5, 0.6) is 0 Å². The molecule has 0 aliphatic heterocycles. The molecule has 0 unspecified atom stereocenters. The second-order valence-corrected chi connectivity index (χ2v) is 7.19. The topological polar surface area (TPSA) is 36.4 Å². The van der Waals surface area contributed by atoms with E-state index in [-0.39, 0.29) is 0 Å². The number of benzene rings is 1. The minimum atomic E-state index is 0.500. The van der Waals surface area contributed by atoms with Crippen molar-refractivity contribution in [3.8, 4) is 0 Å². The van der Waals surface area contributed by atoms with Crippen LogP contribution < -0.4 is 10.6 Å². The van der Waals surface area contributed by atoms with Crippen molar-refractivity contribution in [1.82, 2.24) is 5.32 Å². The Kier molecular flexibility index (Phi) is 7.04. The number of hydrogen-bond donors (Lipinski definition) is 2. The van der Waals surface area contributed by atoms with Gasteiger partial charge in [-0.25, -0.2) is 0 Å². The number of hydrogen-bond acceptors (Lipinski definition) is 3. The Morgan fingerprint density at radius 1 is 1.08 bits per heavy atom. The van der Waals surface area contributed by atoms with E-state index in [0.717, 1.165) is 25.9 Å². The van der Waals surface area contributed by atoms with Crippen LogP contribution in [-0.2, 0) is 0 Å². The van der Waals surface area contributed by atoms with E-state index < -0.39 is 0 Å². The predicted octanol–water partition coefficient (Wildman–Crippen LogP) is 5.07. The average molecular weight is 328 g/mol. The van der Waals surface area contributed by atoms with E-state index in [1.807, 2.05) is 7.05 Å². The summed E-state index contributed by atoms with van der Waals surface area (Å²) in [5, 5.41) is 6.94. The molecule has 0 atom stereocenters. The van der Waals surface area contributed by atoms with Gasteiger partial charge < -0.3 is 10.6 Å². The van der Waals surface area contributed by atoms with Crippen molar-refractivity contribution in [2.45, 2.75) is 58.8 Å². The third-order valence-electron chi connectivity index (χ3n) is 4.57. The first kappa shape index (κ1) is 18.7. The zero-order valence-corrected chi connectivity index (χ0v) is 15.9. The quantitative estimate of drug-likeness (QED) is 0.686. The van der Waals surface area contributed by atoms with Crippen molar-refractivity contribution in [2.75, 3.05) is 25.5 Å². The summed E-state index contributed by atoms with van der Waals surface area (Å²) in [6.45, 7) is 10.8. The normalized spacial score (nSPS) is 16.8. The van der Waals surface area contributed by atoms with Gasteiger partial charge in [0.1, 0.15) is 0 Å². The van der Waals surface area contributed by atoms with Crippen LogP contribution in [0.4, 0.5) is 5.69 Å². The highest BCUT2D eigenvalue weighted by atomic mass is 14.9. The molecule has 1 aliphatic carbocycles. The second kappa shape index (κ2) is 9.03. The van der Waals surface area contributed by atoms with E-state index in [2.05, 4.69) is 62.6 Å². The number of aliphatic imine (C=N–C) groups is 1. The molecule has 2 N–H and O–H groups in total. The summed E-state index contributed by atoms with van der Waals surface area (Å²) >= 11 is 0. The van der Waals surface area contributed by atoms with Crippen LogP contribution in [-0.4, -0.2) is 25.8 Å². The third kappa shape index (κ3) is 4.70. The van der Waals surface area contributed by atoms with Crippen LogP contribution >= 0.6 is 0 Å². The Labute approximate surface area is 147 Å². The van der Waals surface area contributed by atoms with E-state index >= 15 is 0 Å². The lowest BCUT2D eigenvalue weighted by Gasteiger charge is -2.24. The molecular weight excluding hydrogens is 294 g/mol. The summed E-state index contributed by atoms with van der Waals surface area (Å²) in [5.74, 6) is 1.00. The summed E-state index contributed by atoms with van der Waals surface area (Å²) in [6, 6.07) is 6.69. The molecule has 1 aromatic carbocycles. The summed E-state index contributed by atoms with van der Waals surface area (Å²) in [7, 11) is 1.98. The maximum Gasteiger partial charge on any atom is 0.0580 e. The maximum atomic E-state index is 4.82. The molecule has 1 aromatic rings. The van der Waals surface area contributed by atoms with Gasteiger partial charge in [0.2, 0.25) is 0 Å². The van der Waals surface area contributed by atoms with E-state index in [9.17, 15) is 0 Å². The fourth-order valence-corrected chi connectivity index (χ4v) is 3.19. The van der Waals surface area contributed by atoms with E-state index in [1.165, 1.54) is 34.6 Å². The van der Waals surface area contributed by atoms with E-state index in [0.29, 0.717) is 11.8 Å². The van der Waals surface area contributed by atoms with E-state index in [1.54, 1.807) is 0 Å². The summed E-state index contributed by atoms with van der Waals surface area (Å²) in [4.78, 5) is 4.82. The fraction of sp³-hybridized carbons (Fsp3) is 0.571. The Morgan fingerprint density at radius 3 is 2.33 bits per heavy atom. The van der Waals surface area contributed by atoms with Gasteiger partial charge in [0.05, 0.1) is 18.0 Å². The molecule has 0 spiro atoms. The molecule has 3 heteroatoms. The monoisotopic (exact) mass is 327 g/mol. The van der Waals surface area contributed by atoms with Gasteiger partial charge in [-0.1, -0.05) is 52.0 Å². The molecule has 0 aromatic heterocycles. The zero-order valence-electron chi connectivity index (χ0n) is 15.9. The van der Waals surface area contributed by atoms with Crippen LogP contribution in [0.3, 0.4) is 0 Å². The third-order valence-corrected chi connectivity index (χ3v) is 4.57. The SMILES string of the molecule is CNCCN=C1CCCC=C1Nc1c(C(C)C)cccc1C(C)C. The number of anilines is 1. The molecule has 0 amide bonds. The first-order valence-electron chi connectivity index (χ1n) is 9.32. The fourth-order valence-electron chi connectivity index (χ4n) is 3.19. The second-order valence-electron chi connectivity index (χ2n) is 7.19. The molecular formula is C21H33N3. The van der Waals surface area contributed by atoms with Gasteiger partial charge in [0, 0.05) is 12.2 Å². The zero-order chi connectivity index (χ0) is 17.5. The summed E-state index contributed by atoms with van der Waals surface area (Å²) in [5.41, 5.74) is 6.51. The molecule has 0 radical (unpaired) electrons. The van der Waals surface area contributed by atoms with Gasteiger partial charge in [-0.3, -0.25) is 4.99 Å². The number of allylic oxidation sites excluding steroid dienone is 2. The van der Waals surface area contributed by atoms with Crippen molar-refractivity contribution < 1.29 is 0 Å². The maximum absolute atomic E-state index is 4.82. The van der Waals surface area contributed by atoms with Crippen molar-refractivity contribution in [2.24, 2.45) is 4.99 Å². The van der Waals surface area contributed by atoms with Crippen molar-refractivity contribution >= 4 is 11.4 Å². The van der Waals surface area contributed by atoms with Gasteiger partial charge in [-0.05, 0) is 49.3 Å². The minimum absolute atomic E-state index is 0.500. The lowest BCUT2D eigenvalue weighted by atomic mass is 9.92. The molecule has 3 nitrogen and oxygen atoms in total. The lowest BCUT2D eigenvalue weighted by Crippen LogP contribution is -2.19. The Bertz CT molecular complexity index is 571. The molecule has 0 bridgehead atoms. The first-order valence-corrected chi connectivity index (χ1v) is 9.32. The molecule has 1 aliphatic rings. The highest BCUT2D eigenvalue weighted by molar-refractivity contribution is 6.03. The Hall–Kier alpha value is -1.61. The Balaban J connectivity index is 2.34. The van der Waals surface area contributed by atoms with Crippen molar-refractivity contribution in [3.05, 3.63) is 41.1 Å². The number of nitrogens with zero attached hydrogens (tertiary/aromatic N) is 1. The molecule has 2 rings (SSSR count). The summed E-state index contributed by atoms with van der Waals surface area (Å²) < 4.78 is 0. The van der Waals surface area contributed by atoms with Gasteiger partial charge in [0.15, 0.2) is 0 Å². The molecule has 0 heterocycles. The van der Waals surface area contributed by atoms with Crippen molar-refractivity contribution in [1.29, 1.82) is 0 Å². The predicted molar refractivity (Wildman–Crippen MR) is 106 cm³/mol. The number of para-hydroxylation sites is 1. The van der Waals surface area contributed by atoms with Gasteiger partial charge >= 0.3 is 0 Å². The van der Waals surface area contributed by atoms with Crippen LogP contribution in [0, 0.1) is 0 Å². The van der Waals surface area contributed by atoms with Crippen molar-refractivity contribution in [3.63, 3.8) is 0 Å². The highest BCUT2D eigenvalue weighted by Crippen LogP contribution is 2.34. The molecule has 0 saturated carbocycles. The van der Waals surface area contributed by atoms with Crippen LogP contribution in [0.15, 0.2) is 35.0 Å². The molecule has 24 heavy (non-hydrogen) atoms. The standard InChI is InChI=1S/C21H33N3/c1-15(2)17-9-8-10-18(16(3)4)21(17)24-20-12-7-6-11-19(20)23-14-13-22-5/h8-10,12,15-16,22,24H,6-7,11,13-14H2,1-5H3. The summed E-state index contributed by atoms with van der Waals surface area (Å²) in [6.07, 6.45) is 5.73. The lowest BCUT2D eigenvalue weighted by molar-refractivity contribution is 0.792. The smallest absolute Gasteiger partial charge is 0.0580 e. The number of rotatable bonds is 7. The van der Waals surface area contributed by atoms with Crippen LogP contribution in [0.2, 0.25) is 0 Å².